The van der Waals surface area contributed by atoms with Crippen molar-refractivity contribution < 1.29 is 9.47 Å². The second-order valence-corrected chi connectivity index (χ2v) is 6.92. The number of nitrogens with zero attached hydrogens (tertiary/aromatic N) is 2. The molecule has 2 N–H and O–H groups in total. The van der Waals surface area contributed by atoms with Gasteiger partial charge in [-0.3, -0.25) is 9.59 Å². The fourth-order valence-corrected chi connectivity index (χ4v) is 3.06. The second kappa shape index (κ2) is 10.2. The van der Waals surface area contributed by atoms with Crippen LogP contribution in [0.2, 0.25) is 0 Å². The summed E-state index contributed by atoms with van der Waals surface area (Å²) < 4.78 is 10.2. The van der Waals surface area contributed by atoms with Gasteiger partial charge in [-0.05, 0) is 49.2 Å². The van der Waals surface area contributed by atoms with Crippen molar-refractivity contribution in [2.24, 2.45) is 0 Å². The predicted molar refractivity (Wildman–Crippen MR) is 123 cm³/mol. The molecule has 0 spiro atoms. The summed E-state index contributed by atoms with van der Waals surface area (Å²) in [5, 5.41) is 12.7. The predicted octanol–water partition coefficient (Wildman–Crippen LogP) is 3.51. The Balaban J connectivity index is 0.000000181. The average Bonchev–Trinajstić information content (AvgIpc) is 2.83. The maximum atomic E-state index is 11.2. The molecule has 0 amide bonds. The summed E-state index contributed by atoms with van der Waals surface area (Å²) in [5.41, 5.74) is 4.79. The molecule has 8 nitrogen and oxygen atoms in total. The Labute approximate surface area is 184 Å². The topological polar surface area (TPSA) is 110 Å². The first-order valence-electron chi connectivity index (χ1n) is 9.82. The van der Waals surface area contributed by atoms with Gasteiger partial charge in [-0.15, -0.1) is 0 Å². The van der Waals surface area contributed by atoms with E-state index in [2.05, 4.69) is 20.4 Å². The number of nitrogens with one attached hydrogen (secondary N) is 2. The third kappa shape index (κ3) is 5.48. The Bertz CT molecular complexity index is 1190. The maximum absolute atomic E-state index is 11.2. The molecule has 0 radical (unpaired) electrons. The third-order valence-corrected chi connectivity index (χ3v) is 4.80. The van der Waals surface area contributed by atoms with Crippen LogP contribution in [0.1, 0.15) is 11.4 Å². The zero-order valence-electron chi connectivity index (χ0n) is 18.3. The molecule has 2 aromatic heterocycles. The van der Waals surface area contributed by atoms with E-state index in [1.54, 1.807) is 26.4 Å². The van der Waals surface area contributed by atoms with Gasteiger partial charge in [0.25, 0.3) is 11.1 Å². The first-order chi connectivity index (χ1) is 15.4. The zero-order valence-corrected chi connectivity index (χ0v) is 18.3. The summed E-state index contributed by atoms with van der Waals surface area (Å²) in [5.74, 6) is 1.58. The smallest absolute Gasteiger partial charge is 0.264 e. The number of aromatic nitrogens is 4. The van der Waals surface area contributed by atoms with E-state index >= 15 is 0 Å². The number of benzene rings is 2. The molecule has 4 aromatic rings. The Morgan fingerprint density at radius 3 is 1.28 bits per heavy atom. The number of H-pyrrole nitrogens is 2. The minimum absolute atomic E-state index is 0.198. The van der Waals surface area contributed by atoms with Crippen LogP contribution in [-0.4, -0.2) is 34.6 Å². The first-order valence-corrected chi connectivity index (χ1v) is 9.82. The zero-order chi connectivity index (χ0) is 23.1. The fourth-order valence-electron chi connectivity index (χ4n) is 3.06. The van der Waals surface area contributed by atoms with Gasteiger partial charge in [0, 0.05) is 23.3 Å². The van der Waals surface area contributed by atoms with Crippen LogP contribution >= 0.6 is 0 Å². The van der Waals surface area contributed by atoms with Crippen LogP contribution in [0, 0.1) is 13.8 Å². The highest BCUT2D eigenvalue weighted by atomic mass is 16.5. The number of aromatic amines is 2. The van der Waals surface area contributed by atoms with Gasteiger partial charge in [0.15, 0.2) is 0 Å². The molecule has 0 unspecified atom stereocenters. The molecule has 0 aliphatic rings. The lowest BCUT2D eigenvalue weighted by Crippen LogP contribution is -2.08. The van der Waals surface area contributed by atoms with Crippen molar-refractivity contribution in [2.45, 2.75) is 13.8 Å². The van der Waals surface area contributed by atoms with Crippen molar-refractivity contribution in [3.63, 3.8) is 0 Å². The first kappa shape index (κ1) is 22.5. The van der Waals surface area contributed by atoms with Crippen LogP contribution in [0.15, 0.2) is 70.3 Å². The molecule has 0 aliphatic heterocycles. The second-order valence-electron chi connectivity index (χ2n) is 6.92. The summed E-state index contributed by atoms with van der Waals surface area (Å²) in [6.07, 6.45) is 0. The van der Waals surface area contributed by atoms with Gasteiger partial charge < -0.3 is 9.47 Å². The van der Waals surface area contributed by atoms with E-state index in [0.717, 1.165) is 45.1 Å². The van der Waals surface area contributed by atoms with Gasteiger partial charge in [0.1, 0.15) is 11.5 Å². The quantitative estimate of drug-likeness (QED) is 0.511. The largest absolute Gasteiger partial charge is 0.497 e. The summed E-state index contributed by atoms with van der Waals surface area (Å²) in [4.78, 5) is 22.4. The molecule has 0 atom stereocenters. The maximum Gasteiger partial charge on any atom is 0.264 e. The van der Waals surface area contributed by atoms with E-state index < -0.39 is 0 Å². The molecule has 2 heterocycles. The van der Waals surface area contributed by atoms with E-state index in [-0.39, 0.29) is 11.1 Å². The third-order valence-electron chi connectivity index (χ3n) is 4.80. The fraction of sp³-hybridized carbons (Fsp3) is 0.167. The van der Waals surface area contributed by atoms with Crippen LogP contribution in [0.25, 0.3) is 22.3 Å². The SMILES string of the molecule is COc1ccc(-c2cc(=O)[nH]nc2C)cc1.COc1ccc(-c2cc(=O)[nH]nc2C)cc1. The van der Waals surface area contributed by atoms with Crippen molar-refractivity contribution in [2.75, 3.05) is 14.2 Å². The Kier molecular flexibility index (Phi) is 7.17. The van der Waals surface area contributed by atoms with Crippen molar-refractivity contribution in [1.29, 1.82) is 0 Å². The van der Waals surface area contributed by atoms with Crippen LogP contribution in [0.4, 0.5) is 0 Å². The highest BCUT2D eigenvalue weighted by Gasteiger charge is 2.05. The lowest BCUT2D eigenvalue weighted by molar-refractivity contribution is 0.415. The molecular formula is C24H24N4O4. The summed E-state index contributed by atoms with van der Waals surface area (Å²) in [6.45, 7) is 3.71. The molecule has 8 heteroatoms. The number of hydrogen-bond donors (Lipinski definition) is 2. The van der Waals surface area contributed by atoms with Gasteiger partial charge in [-0.1, -0.05) is 24.3 Å². The van der Waals surface area contributed by atoms with Crippen LogP contribution < -0.4 is 20.6 Å². The minimum atomic E-state index is -0.198. The van der Waals surface area contributed by atoms with E-state index in [9.17, 15) is 9.59 Å². The normalized spacial score (nSPS) is 10.1. The van der Waals surface area contributed by atoms with Gasteiger partial charge >= 0.3 is 0 Å². The van der Waals surface area contributed by atoms with Gasteiger partial charge in [-0.2, -0.15) is 10.2 Å². The molecule has 0 aliphatic carbocycles. The molecule has 0 bridgehead atoms. The summed E-state index contributed by atoms with van der Waals surface area (Å²) in [7, 11) is 3.24. The lowest BCUT2D eigenvalue weighted by Gasteiger charge is -2.05. The van der Waals surface area contributed by atoms with Crippen LogP contribution in [-0.2, 0) is 0 Å². The summed E-state index contributed by atoms with van der Waals surface area (Å²) in [6, 6.07) is 18.1. The molecule has 4 rings (SSSR count). The average molecular weight is 432 g/mol. The number of hydrogen-bond acceptors (Lipinski definition) is 6. The highest BCUT2D eigenvalue weighted by molar-refractivity contribution is 5.66. The van der Waals surface area contributed by atoms with Crippen molar-refractivity contribution >= 4 is 0 Å². The van der Waals surface area contributed by atoms with E-state index in [1.807, 2.05) is 62.4 Å². The Morgan fingerprint density at radius 1 is 0.625 bits per heavy atom. The molecule has 0 saturated carbocycles. The molecule has 164 valence electrons. The molecule has 0 saturated heterocycles. The van der Waals surface area contributed by atoms with Gasteiger partial charge in [-0.25, -0.2) is 10.2 Å². The molecular weight excluding hydrogens is 408 g/mol. The van der Waals surface area contributed by atoms with E-state index in [4.69, 9.17) is 9.47 Å². The van der Waals surface area contributed by atoms with Gasteiger partial charge in [0.05, 0.1) is 25.6 Å². The molecule has 32 heavy (non-hydrogen) atoms. The van der Waals surface area contributed by atoms with E-state index in [1.165, 1.54) is 0 Å². The van der Waals surface area contributed by atoms with Gasteiger partial charge in [0.2, 0.25) is 0 Å². The number of aryl methyl sites for hydroxylation is 2. The van der Waals surface area contributed by atoms with E-state index in [0.29, 0.717) is 0 Å². The summed E-state index contributed by atoms with van der Waals surface area (Å²) >= 11 is 0. The molecule has 0 fully saturated rings. The number of methoxy groups -OCH3 is 2. The van der Waals surface area contributed by atoms with Crippen molar-refractivity contribution in [3.8, 4) is 33.8 Å². The van der Waals surface area contributed by atoms with Crippen LogP contribution in [0.5, 0.6) is 11.5 Å². The Morgan fingerprint density at radius 2 is 0.969 bits per heavy atom. The number of ether oxygens (including phenoxy) is 2. The highest BCUT2D eigenvalue weighted by Crippen LogP contribution is 2.23. The monoisotopic (exact) mass is 432 g/mol. The Hall–Kier alpha value is -4.20. The standard InChI is InChI=1S/2C12H12N2O2/c2*1-8-11(7-12(15)14-13-8)9-3-5-10(16-2)6-4-9/h2*3-7H,1-2H3,(H,14,15). The van der Waals surface area contributed by atoms with Crippen LogP contribution in [0.3, 0.4) is 0 Å². The minimum Gasteiger partial charge on any atom is -0.497 e. The lowest BCUT2D eigenvalue weighted by atomic mass is 10.1. The van der Waals surface area contributed by atoms with Crippen molar-refractivity contribution in [3.05, 3.63) is 92.8 Å². The van der Waals surface area contributed by atoms with Crippen molar-refractivity contribution in [1.82, 2.24) is 20.4 Å². The number of rotatable bonds is 4. The molecule has 2 aromatic carbocycles.